The molecule has 0 saturated heterocycles. The molecule has 2 heterocycles. The molecule has 0 aliphatic carbocycles. The van der Waals surface area contributed by atoms with Crippen molar-refractivity contribution in [3.63, 3.8) is 0 Å². The molecule has 0 unspecified atom stereocenters. The zero-order chi connectivity index (χ0) is 21.4. The number of hydrogen-bond acceptors (Lipinski definition) is 5. The van der Waals surface area contributed by atoms with Crippen molar-refractivity contribution in [2.75, 3.05) is 6.61 Å². The summed E-state index contributed by atoms with van der Waals surface area (Å²) in [5, 5.41) is 0.724. The minimum absolute atomic E-state index is 0.0466. The van der Waals surface area contributed by atoms with Crippen LogP contribution in [0.1, 0.15) is 49.3 Å². The maximum Gasteiger partial charge on any atom is 0.340 e. The molecule has 0 bridgehead atoms. The third-order valence-corrected chi connectivity index (χ3v) is 5.40. The predicted molar refractivity (Wildman–Crippen MR) is 115 cm³/mol. The van der Waals surface area contributed by atoms with Crippen LogP contribution in [0.4, 0.5) is 0 Å². The minimum Gasteiger partial charge on any atom is -0.462 e. The summed E-state index contributed by atoms with van der Waals surface area (Å²) >= 11 is 0. The number of hydrogen-bond donors (Lipinski definition) is 2. The second-order valence-electron chi connectivity index (χ2n) is 7.60. The molecule has 1 aliphatic rings. The van der Waals surface area contributed by atoms with Gasteiger partial charge in [0.2, 0.25) is 5.88 Å². The zero-order valence-corrected chi connectivity index (χ0v) is 17.2. The van der Waals surface area contributed by atoms with Gasteiger partial charge in [0, 0.05) is 5.39 Å². The summed E-state index contributed by atoms with van der Waals surface area (Å²) in [6.45, 7) is 6.13. The number of pyridine rings is 1. The second-order valence-corrected chi connectivity index (χ2v) is 7.60. The first-order chi connectivity index (χ1) is 14.4. The van der Waals surface area contributed by atoms with E-state index in [0.717, 1.165) is 16.5 Å². The first-order valence-electron chi connectivity index (χ1n) is 10.0. The third-order valence-electron chi connectivity index (χ3n) is 5.40. The number of benzene rings is 2. The van der Waals surface area contributed by atoms with Gasteiger partial charge in [0.15, 0.2) is 0 Å². The van der Waals surface area contributed by atoms with Gasteiger partial charge in [-0.15, -0.1) is 0 Å². The van der Waals surface area contributed by atoms with Crippen LogP contribution in [0.2, 0.25) is 0 Å². The molecule has 0 saturated carbocycles. The molecule has 6 heteroatoms. The number of rotatable bonds is 4. The van der Waals surface area contributed by atoms with Crippen LogP contribution in [0.15, 0.2) is 64.8 Å². The highest BCUT2D eigenvalue weighted by atomic mass is 16.5. The molecule has 1 aliphatic heterocycles. The molecule has 0 amide bonds. The molecule has 4 rings (SSSR count). The molecule has 154 valence electrons. The van der Waals surface area contributed by atoms with Crippen molar-refractivity contribution in [1.82, 2.24) is 4.98 Å². The fourth-order valence-electron chi connectivity index (χ4n) is 3.89. The second kappa shape index (κ2) is 7.71. The normalized spacial score (nSPS) is 15.8. The van der Waals surface area contributed by atoms with Crippen LogP contribution in [0.25, 0.3) is 10.9 Å². The Labute approximate surface area is 174 Å². The highest BCUT2D eigenvalue weighted by Gasteiger charge is 2.38. The maximum absolute atomic E-state index is 13.1. The number of nitrogens with two attached hydrogens (primary N) is 1. The molecule has 2 aromatic carbocycles. The number of carbonyl (C=O) groups is 1. The Morgan fingerprint density at radius 3 is 2.53 bits per heavy atom. The van der Waals surface area contributed by atoms with Gasteiger partial charge in [-0.2, -0.15) is 0 Å². The number of fused-ring (bicyclic) bond motifs is 3. The average molecular weight is 404 g/mol. The van der Waals surface area contributed by atoms with Crippen LogP contribution in [-0.2, 0) is 9.53 Å². The van der Waals surface area contributed by atoms with E-state index in [1.807, 2.05) is 42.5 Å². The van der Waals surface area contributed by atoms with Crippen molar-refractivity contribution in [2.45, 2.75) is 32.6 Å². The summed E-state index contributed by atoms with van der Waals surface area (Å²) in [4.78, 5) is 28.8. The topological polar surface area (TPSA) is 94.4 Å². The SMILES string of the molecule is CCOC(=O)C1=C(N)Oc2c(c(=O)[nH]c3ccccc23)[C@H]1c1ccc(C(C)C)cc1. The zero-order valence-electron chi connectivity index (χ0n) is 17.2. The van der Waals surface area contributed by atoms with Crippen molar-refractivity contribution in [2.24, 2.45) is 5.73 Å². The third kappa shape index (κ3) is 3.24. The number of aromatic nitrogens is 1. The number of aromatic amines is 1. The largest absolute Gasteiger partial charge is 0.462 e. The monoisotopic (exact) mass is 404 g/mol. The van der Waals surface area contributed by atoms with Crippen molar-refractivity contribution in [3.8, 4) is 5.75 Å². The number of nitrogens with one attached hydrogen (secondary N) is 1. The molecule has 1 aromatic heterocycles. The summed E-state index contributed by atoms with van der Waals surface area (Å²) in [6.07, 6.45) is 0. The summed E-state index contributed by atoms with van der Waals surface area (Å²) in [7, 11) is 0. The Hall–Kier alpha value is -3.54. The van der Waals surface area contributed by atoms with Crippen molar-refractivity contribution >= 4 is 16.9 Å². The Balaban J connectivity index is 1.99. The van der Waals surface area contributed by atoms with Crippen molar-refractivity contribution < 1.29 is 14.3 Å². The van der Waals surface area contributed by atoms with E-state index in [9.17, 15) is 9.59 Å². The van der Waals surface area contributed by atoms with Crippen LogP contribution in [0.3, 0.4) is 0 Å². The standard InChI is InChI=1S/C24H24N2O4/c1-4-29-24(28)20-18(15-11-9-14(10-12-15)13(2)3)19-21(30-22(20)25)16-7-5-6-8-17(16)26-23(19)27/h5-13,18H,4,25H2,1-3H3,(H,26,27)/t18-/m1/s1. The Morgan fingerprint density at radius 2 is 1.87 bits per heavy atom. The number of ether oxygens (including phenoxy) is 2. The number of carbonyl (C=O) groups excluding carboxylic acids is 1. The first-order valence-corrected chi connectivity index (χ1v) is 10.0. The molecule has 30 heavy (non-hydrogen) atoms. The van der Waals surface area contributed by atoms with Crippen LogP contribution in [-0.4, -0.2) is 17.6 Å². The Kier molecular flexibility index (Phi) is 5.08. The van der Waals surface area contributed by atoms with Crippen LogP contribution in [0, 0.1) is 0 Å². The lowest BCUT2D eigenvalue weighted by atomic mass is 9.82. The van der Waals surface area contributed by atoms with E-state index in [1.165, 1.54) is 0 Å². The molecular weight excluding hydrogens is 380 g/mol. The van der Waals surface area contributed by atoms with Crippen LogP contribution in [0.5, 0.6) is 5.75 Å². The lowest BCUT2D eigenvalue weighted by Crippen LogP contribution is -2.32. The van der Waals surface area contributed by atoms with Crippen molar-refractivity contribution in [1.29, 1.82) is 0 Å². The van der Waals surface area contributed by atoms with E-state index >= 15 is 0 Å². The highest BCUT2D eigenvalue weighted by molar-refractivity contribution is 5.95. The molecule has 0 spiro atoms. The van der Waals surface area contributed by atoms with Crippen molar-refractivity contribution in [3.05, 3.63) is 87.0 Å². The Bertz CT molecular complexity index is 1210. The summed E-state index contributed by atoms with van der Waals surface area (Å²) in [5.74, 6) is -0.598. The highest BCUT2D eigenvalue weighted by Crippen LogP contribution is 2.43. The van der Waals surface area contributed by atoms with E-state index < -0.39 is 11.9 Å². The maximum atomic E-state index is 13.1. The molecule has 0 fully saturated rings. The quantitative estimate of drug-likeness (QED) is 0.643. The van der Waals surface area contributed by atoms with Gasteiger partial charge in [0.1, 0.15) is 11.3 Å². The fraction of sp³-hybridized carbons (Fsp3) is 0.250. The molecule has 1 atom stereocenters. The summed E-state index contributed by atoms with van der Waals surface area (Å²) in [6, 6.07) is 15.2. The smallest absolute Gasteiger partial charge is 0.340 e. The molecule has 3 aromatic rings. The summed E-state index contributed by atoms with van der Waals surface area (Å²) in [5.41, 5.74) is 8.96. The van der Waals surface area contributed by atoms with Gasteiger partial charge in [-0.1, -0.05) is 50.2 Å². The van der Waals surface area contributed by atoms with Gasteiger partial charge >= 0.3 is 5.97 Å². The Morgan fingerprint density at radius 1 is 1.17 bits per heavy atom. The first kappa shape index (κ1) is 19.8. The molecule has 6 nitrogen and oxygen atoms in total. The van der Waals surface area contributed by atoms with Gasteiger partial charge in [-0.25, -0.2) is 4.79 Å². The minimum atomic E-state index is -0.692. The van der Waals surface area contributed by atoms with E-state index in [2.05, 4.69) is 18.8 Å². The van der Waals surface area contributed by atoms with E-state index in [0.29, 0.717) is 22.7 Å². The summed E-state index contributed by atoms with van der Waals surface area (Å²) < 4.78 is 11.1. The van der Waals surface area contributed by atoms with E-state index in [4.69, 9.17) is 15.2 Å². The lowest BCUT2D eigenvalue weighted by Gasteiger charge is -2.28. The number of esters is 1. The predicted octanol–water partition coefficient (Wildman–Crippen LogP) is 3.91. The van der Waals surface area contributed by atoms with Crippen LogP contribution >= 0.6 is 0 Å². The lowest BCUT2D eigenvalue weighted by molar-refractivity contribution is -0.139. The van der Waals surface area contributed by atoms with Gasteiger partial charge in [0.25, 0.3) is 5.56 Å². The fourth-order valence-corrected chi connectivity index (χ4v) is 3.89. The molecule has 3 N–H and O–H groups in total. The van der Waals surface area contributed by atoms with Gasteiger partial charge in [-0.3, -0.25) is 4.79 Å². The average Bonchev–Trinajstić information content (AvgIpc) is 2.73. The molecular formula is C24H24N2O4. The molecule has 0 radical (unpaired) electrons. The van der Waals surface area contributed by atoms with E-state index in [-0.39, 0.29) is 23.6 Å². The van der Waals surface area contributed by atoms with Gasteiger partial charge in [0.05, 0.1) is 23.6 Å². The number of para-hydroxylation sites is 1. The van der Waals surface area contributed by atoms with E-state index in [1.54, 1.807) is 13.0 Å². The van der Waals surface area contributed by atoms with Crippen LogP contribution < -0.4 is 16.0 Å². The van der Waals surface area contributed by atoms with Gasteiger partial charge in [-0.05, 0) is 36.1 Å². The number of H-pyrrole nitrogens is 1. The van der Waals surface area contributed by atoms with Gasteiger partial charge < -0.3 is 20.2 Å².